The predicted octanol–water partition coefficient (Wildman–Crippen LogP) is 5.85. The van der Waals surface area contributed by atoms with Gasteiger partial charge >= 0.3 is 94.9 Å². The van der Waals surface area contributed by atoms with Crippen molar-refractivity contribution < 1.29 is 139 Å². The summed E-state index contributed by atoms with van der Waals surface area (Å²) in [4.78, 5) is 44.3. The molecule has 0 amide bonds. The van der Waals surface area contributed by atoms with Crippen molar-refractivity contribution in [2.45, 2.75) is 71.1 Å². The van der Waals surface area contributed by atoms with Crippen LogP contribution in [0, 0.1) is 0 Å². The van der Waals surface area contributed by atoms with Crippen LogP contribution >= 0.6 is 0 Å². The smallest absolute Gasteiger partial charge is 0.437 e. The van der Waals surface area contributed by atoms with Gasteiger partial charge in [-0.15, -0.1) is 0 Å². The maximum absolute atomic E-state index is 14.8. The van der Waals surface area contributed by atoms with E-state index in [-0.39, 0.29) is 0 Å². The van der Waals surface area contributed by atoms with E-state index in [9.17, 15) is 125 Å². The lowest BCUT2D eigenvalue weighted by Gasteiger charge is -2.46. The Bertz CT molecular complexity index is 1180. The minimum absolute atomic E-state index is 1.49. The number of alkyl halides is 24. The standard InChI is InChI=1S/C16H2F24O7/c17-5(1(41)42,11(23,24)25)9(21,15(35,36)37)7(19,13(29,30)31)3(45)47-4(46)8(20,14(32,33)34)10(22,16(38,39)40)6(18,2(43)44)12(26,27)28/h(H,41,42)(H,43,44). The first-order valence-corrected chi connectivity index (χ1v) is 9.71. The largest absolute Gasteiger partial charge is 0.479 e. The molecule has 0 aliphatic rings. The number of ether oxygens (including phenoxy) is 1. The third kappa shape index (κ3) is 5.29. The average Bonchev–Trinajstić information content (AvgIpc) is 2.80. The van der Waals surface area contributed by atoms with Crippen LogP contribution in [0.3, 0.4) is 0 Å². The first-order valence-electron chi connectivity index (χ1n) is 9.71. The van der Waals surface area contributed by atoms with Gasteiger partial charge in [0.25, 0.3) is 0 Å². The van der Waals surface area contributed by atoms with Gasteiger partial charge in [-0.3, -0.25) is 0 Å². The van der Waals surface area contributed by atoms with E-state index < -0.39 is 94.9 Å². The molecule has 0 rings (SSSR count). The molecule has 0 saturated carbocycles. The predicted molar refractivity (Wildman–Crippen MR) is 85.7 cm³/mol. The molecule has 0 heterocycles. The molecule has 0 saturated heterocycles. The van der Waals surface area contributed by atoms with Gasteiger partial charge < -0.3 is 14.9 Å². The Morgan fingerprint density at radius 2 is 0.489 bits per heavy atom. The summed E-state index contributed by atoms with van der Waals surface area (Å²) in [5.41, 5.74) is -54.3. The SMILES string of the molecule is O=C(O)C(F)(C(F)(F)F)C(F)(C(F)(F)F)C(F)(C(=O)OC(=O)C(F)(C(F)(F)F)C(F)(C(F)(F)F)C(F)(C(=O)O)C(F)(F)F)C(F)(F)F. The van der Waals surface area contributed by atoms with Crippen molar-refractivity contribution >= 4 is 23.9 Å². The molecule has 0 radical (unpaired) electrons. The molecule has 47 heavy (non-hydrogen) atoms. The van der Waals surface area contributed by atoms with Gasteiger partial charge in [0.15, 0.2) is 0 Å². The zero-order chi connectivity index (χ0) is 39.0. The van der Waals surface area contributed by atoms with Crippen molar-refractivity contribution in [3.05, 3.63) is 0 Å². The number of carboxylic acids is 2. The van der Waals surface area contributed by atoms with Gasteiger partial charge in [0.1, 0.15) is 0 Å². The lowest BCUT2D eigenvalue weighted by atomic mass is 9.71. The third-order valence-electron chi connectivity index (χ3n) is 5.58. The lowest BCUT2D eigenvalue weighted by Crippen LogP contribution is -2.82. The molecule has 0 bridgehead atoms. The number of hydrogen-bond acceptors (Lipinski definition) is 5. The highest BCUT2D eigenvalue weighted by Crippen LogP contribution is 2.64. The minimum Gasteiger partial charge on any atom is -0.479 e. The number of aliphatic carboxylic acids is 2. The molecule has 2 N–H and O–H groups in total. The number of hydrogen-bond donors (Lipinski definition) is 2. The first kappa shape index (κ1) is 43.4. The van der Waals surface area contributed by atoms with Crippen LogP contribution in [0.4, 0.5) is 105 Å². The highest BCUT2D eigenvalue weighted by Gasteiger charge is 2.99. The van der Waals surface area contributed by atoms with E-state index >= 15 is 0 Å². The van der Waals surface area contributed by atoms with Gasteiger partial charge in [0.05, 0.1) is 0 Å². The van der Waals surface area contributed by atoms with Crippen LogP contribution in [0.1, 0.15) is 0 Å². The molecule has 6 atom stereocenters. The van der Waals surface area contributed by atoms with E-state index in [1.807, 2.05) is 0 Å². The monoisotopic (exact) mass is 762 g/mol. The summed E-state index contributed by atoms with van der Waals surface area (Å²) in [6, 6.07) is 0. The highest BCUT2D eigenvalue weighted by atomic mass is 19.4. The molecule has 0 aromatic carbocycles. The summed E-state index contributed by atoms with van der Waals surface area (Å²) in [7, 11) is 0. The van der Waals surface area contributed by atoms with Crippen LogP contribution in [0.5, 0.6) is 0 Å². The summed E-state index contributed by atoms with van der Waals surface area (Å²) < 4.78 is 326. The summed E-state index contributed by atoms with van der Waals surface area (Å²) in [5.74, 6) is -22.9. The van der Waals surface area contributed by atoms with E-state index in [0.29, 0.717) is 0 Å². The lowest BCUT2D eigenvalue weighted by molar-refractivity contribution is -0.397. The van der Waals surface area contributed by atoms with Gasteiger partial charge in [-0.2, -0.15) is 79.0 Å². The maximum Gasteiger partial charge on any atom is 0.437 e. The average molecular weight is 762 g/mol. The summed E-state index contributed by atoms with van der Waals surface area (Å²) in [6.45, 7) is 0. The third-order valence-corrected chi connectivity index (χ3v) is 5.58. The normalized spacial score (nSPS) is 21.9. The van der Waals surface area contributed by atoms with Crippen molar-refractivity contribution in [1.29, 1.82) is 0 Å². The second-order valence-electron chi connectivity index (χ2n) is 8.22. The Morgan fingerprint density at radius 3 is 0.596 bits per heavy atom. The molecule has 0 fully saturated rings. The Morgan fingerprint density at radius 1 is 0.319 bits per heavy atom. The van der Waals surface area contributed by atoms with E-state index in [2.05, 4.69) is 0 Å². The topological polar surface area (TPSA) is 118 Å². The molecular formula is C16H2F24O7. The van der Waals surface area contributed by atoms with Gasteiger partial charge in [0, 0.05) is 0 Å². The Balaban J connectivity index is 8.44. The number of carbonyl (C=O) groups is 4. The second-order valence-corrected chi connectivity index (χ2v) is 8.22. The maximum atomic E-state index is 14.8. The van der Waals surface area contributed by atoms with Crippen LogP contribution < -0.4 is 0 Å². The summed E-state index contributed by atoms with van der Waals surface area (Å²) in [6.07, 6.45) is -52.5. The molecule has 7 nitrogen and oxygen atoms in total. The van der Waals surface area contributed by atoms with Crippen LogP contribution in [0.15, 0.2) is 0 Å². The van der Waals surface area contributed by atoms with Crippen molar-refractivity contribution in [1.82, 2.24) is 0 Å². The second kappa shape index (κ2) is 11.0. The molecule has 276 valence electrons. The first-order chi connectivity index (χ1) is 19.9. The molecular weight excluding hydrogens is 760 g/mol. The molecule has 0 aliphatic heterocycles. The Hall–Kier alpha value is -3.60. The Kier molecular flexibility index (Phi) is 10.1. The van der Waals surface area contributed by atoms with Crippen LogP contribution in [-0.4, -0.2) is 105 Å². The van der Waals surface area contributed by atoms with Gasteiger partial charge in [-0.1, -0.05) is 0 Å². The van der Waals surface area contributed by atoms with E-state index in [4.69, 9.17) is 10.2 Å². The zero-order valence-corrected chi connectivity index (χ0v) is 20.0. The number of esters is 2. The van der Waals surface area contributed by atoms with Crippen LogP contribution in [0.25, 0.3) is 0 Å². The van der Waals surface area contributed by atoms with Gasteiger partial charge in [-0.25, -0.2) is 45.5 Å². The van der Waals surface area contributed by atoms with Crippen LogP contribution in [-0.2, 0) is 23.9 Å². The molecule has 0 spiro atoms. The summed E-state index contributed by atoms with van der Waals surface area (Å²) in [5, 5.41) is 16.3. The van der Waals surface area contributed by atoms with Crippen molar-refractivity contribution in [3.63, 3.8) is 0 Å². The minimum atomic E-state index is -9.35. The fraction of sp³-hybridized carbons (Fsp3) is 0.750. The number of halogens is 24. The zero-order valence-electron chi connectivity index (χ0n) is 20.0. The molecule has 0 aromatic rings. The van der Waals surface area contributed by atoms with Crippen molar-refractivity contribution in [2.75, 3.05) is 0 Å². The highest BCUT2D eigenvalue weighted by molar-refractivity contribution is 5.99. The molecule has 31 heteroatoms. The van der Waals surface area contributed by atoms with Crippen molar-refractivity contribution in [2.24, 2.45) is 0 Å². The van der Waals surface area contributed by atoms with E-state index in [1.165, 1.54) is 4.74 Å². The van der Waals surface area contributed by atoms with Crippen LogP contribution in [0.2, 0.25) is 0 Å². The Labute approximate surface area is 236 Å². The van der Waals surface area contributed by atoms with E-state index in [1.54, 1.807) is 0 Å². The number of carboxylic acid groups (broad SMARTS) is 2. The molecule has 0 aliphatic carbocycles. The fourth-order valence-corrected chi connectivity index (χ4v) is 3.31. The van der Waals surface area contributed by atoms with E-state index in [0.717, 1.165) is 0 Å². The number of carbonyl (C=O) groups excluding carboxylic acids is 2. The number of rotatable bonds is 8. The summed E-state index contributed by atoms with van der Waals surface area (Å²) >= 11 is 0. The molecule has 0 aromatic heterocycles. The van der Waals surface area contributed by atoms with Crippen molar-refractivity contribution in [3.8, 4) is 0 Å². The van der Waals surface area contributed by atoms with Gasteiger partial charge in [0.2, 0.25) is 0 Å². The van der Waals surface area contributed by atoms with Gasteiger partial charge in [-0.05, 0) is 0 Å². The quantitative estimate of drug-likeness (QED) is 0.181. The molecule has 6 unspecified atom stereocenters. The fourth-order valence-electron chi connectivity index (χ4n) is 3.31.